The van der Waals surface area contributed by atoms with Crippen LogP contribution in [0.3, 0.4) is 0 Å². The van der Waals surface area contributed by atoms with Gasteiger partial charge in [-0.25, -0.2) is 4.39 Å². The van der Waals surface area contributed by atoms with Gasteiger partial charge in [-0.3, -0.25) is 0 Å². The summed E-state index contributed by atoms with van der Waals surface area (Å²) >= 11 is 1.53. The number of benzene rings is 1. The Labute approximate surface area is 194 Å². The second kappa shape index (κ2) is 13.1. The zero-order valence-corrected chi connectivity index (χ0v) is 21.0. The molecule has 1 N–H and O–H groups in total. The predicted octanol–water partition coefficient (Wildman–Crippen LogP) is 4.16. The topological polar surface area (TPSA) is 29.5 Å². The summed E-state index contributed by atoms with van der Waals surface area (Å²) in [6.07, 6.45) is 2.34. The van der Waals surface area contributed by atoms with Crippen molar-refractivity contribution in [3.8, 4) is 0 Å². The van der Waals surface area contributed by atoms with Crippen molar-refractivity contribution in [1.29, 1.82) is 0 Å². The van der Waals surface area contributed by atoms with Crippen LogP contribution >= 0.6 is 11.3 Å². The smallest absolute Gasteiger partial charge is 0.416 e. The van der Waals surface area contributed by atoms with Gasteiger partial charge in [0, 0.05) is 11.5 Å². The van der Waals surface area contributed by atoms with E-state index >= 15 is 0 Å². The summed E-state index contributed by atoms with van der Waals surface area (Å²) in [4.78, 5) is 0.917. The third-order valence-corrected chi connectivity index (χ3v) is 10.8. The van der Waals surface area contributed by atoms with E-state index in [4.69, 9.17) is 4.43 Å². The predicted molar refractivity (Wildman–Crippen MR) is 122 cm³/mol. The summed E-state index contributed by atoms with van der Waals surface area (Å²) in [5.74, 6) is -0.292. The summed E-state index contributed by atoms with van der Waals surface area (Å²) in [5, 5.41) is 12.8. The Morgan fingerprint density at radius 2 is 1.72 bits per heavy atom. The van der Waals surface area contributed by atoms with Crippen molar-refractivity contribution in [3.05, 3.63) is 64.5 Å². The van der Waals surface area contributed by atoms with Crippen LogP contribution in [0.4, 0.5) is 4.39 Å². The fourth-order valence-corrected chi connectivity index (χ4v) is 4.23. The van der Waals surface area contributed by atoms with Crippen molar-refractivity contribution >= 4 is 19.7 Å². The largest absolute Gasteiger partial charge is 1.00 e. The molecule has 1 aromatic heterocycles. The van der Waals surface area contributed by atoms with Gasteiger partial charge in [0.15, 0.2) is 8.32 Å². The molecular formula is C23H36FLiO2SSi. The number of hydrogen-bond acceptors (Lipinski definition) is 3. The second-order valence-electron chi connectivity index (χ2n) is 8.48. The average molecular weight is 431 g/mol. The number of halogens is 1. The number of thiophene rings is 1. The van der Waals surface area contributed by atoms with Crippen LogP contribution in [0.25, 0.3) is 0 Å². The van der Waals surface area contributed by atoms with Crippen molar-refractivity contribution in [2.75, 3.05) is 6.61 Å². The molecule has 0 fully saturated rings. The number of aliphatic hydroxyl groups excluding tert-OH is 1. The van der Waals surface area contributed by atoms with Gasteiger partial charge in [-0.1, -0.05) is 46.2 Å². The van der Waals surface area contributed by atoms with E-state index in [1.54, 1.807) is 12.1 Å². The van der Waals surface area contributed by atoms with Gasteiger partial charge in [0.25, 0.3) is 0 Å². The monoisotopic (exact) mass is 430 g/mol. The van der Waals surface area contributed by atoms with Gasteiger partial charge in [-0.15, -0.1) is 11.3 Å². The minimum atomic E-state index is -1.75. The molecule has 2 rings (SSSR count). The third-order valence-electron chi connectivity index (χ3n) is 5.21. The number of unbranched alkanes of at least 4 members (excludes halogenated alkanes) is 1. The third kappa shape index (κ3) is 9.08. The summed E-state index contributed by atoms with van der Waals surface area (Å²) in [6.45, 7) is 17.6. The van der Waals surface area contributed by atoms with E-state index in [0.717, 1.165) is 23.3 Å². The van der Waals surface area contributed by atoms with Crippen LogP contribution in [-0.2, 0) is 10.8 Å². The fourth-order valence-electron chi connectivity index (χ4n) is 2.22. The van der Waals surface area contributed by atoms with Crippen LogP contribution in [-0.4, -0.2) is 20.0 Å². The SMILES string of the molecule is CC(C)(C)[Si](C)(C)OCCc1ccsc1C(O)c1ccc(F)cc1.[CH2-]CCC.[Li+]. The van der Waals surface area contributed by atoms with E-state index in [1.165, 1.54) is 29.9 Å². The molecule has 0 saturated carbocycles. The summed E-state index contributed by atoms with van der Waals surface area (Å²) < 4.78 is 19.3. The van der Waals surface area contributed by atoms with E-state index in [0.29, 0.717) is 12.2 Å². The van der Waals surface area contributed by atoms with Gasteiger partial charge in [0.2, 0.25) is 0 Å². The molecule has 1 atom stereocenters. The maximum absolute atomic E-state index is 13.1. The van der Waals surface area contributed by atoms with Gasteiger partial charge in [0.1, 0.15) is 11.9 Å². The van der Waals surface area contributed by atoms with E-state index < -0.39 is 14.4 Å². The Morgan fingerprint density at radius 3 is 2.21 bits per heavy atom. The standard InChI is InChI=1S/C19H27FO2SSi.C4H9.Li/c1-19(2,3)24(4,5)22-12-10-15-11-13-23-18(15)17(21)14-6-8-16(20)9-7-14;1-3-4-2;/h6-9,11,13,17,21H,10,12H2,1-5H3;1,3-4H2,2H3;/q;-1;+1. The first-order chi connectivity index (χ1) is 13.0. The molecule has 1 unspecified atom stereocenters. The molecule has 0 aliphatic carbocycles. The number of aliphatic hydroxyl groups is 1. The maximum Gasteiger partial charge on any atom is 1.00 e. The molecule has 0 aliphatic heterocycles. The Morgan fingerprint density at radius 1 is 1.17 bits per heavy atom. The Kier molecular flexibility index (Phi) is 12.9. The van der Waals surface area contributed by atoms with Crippen LogP contribution in [0.5, 0.6) is 0 Å². The molecule has 1 aromatic carbocycles. The van der Waals surface area contributed by atoms with Crippen LogP contribution in [0.1, 0.15) is 62.6 Å². The van der Waals surface area contributed by atoms with Gasteiger partial charge in [-0.05, 0) is 59.3 Å². The van der Waals surface area contributed by atoms with Gasteiger partial charge < -0.3 is 16.5 Å². The second-order valence-corrected chi connectivity index (χ2v) is 14.2. The first kappa shape index (κ1) is 28.6. The van der Waals surface area contributed by atoms with E-state index in [9.17, 15) is 9.50 Å². The Balaban J connectivity index is 0.00000143. The van der Waals surface area contributed by atoms with Crippen LogP contribution in [0.2, 0.25) is 18.1 Å². The summed E-state index contributed by atoms with van der Waals surface area (Å²) in [5.41, 5.74) is 1.82. The molecule has 0 spiro atoms. The molecular weight excluding hydrogens is 394 g/mol. The van der Waals surface area contributed by atoms with Crippen molar-refractivity contribution in [2.24, 2.45) is 0 Å². The number of hydrogen-bond donors (Lipinski definition) is 1. The molecule has 6 heteroatoms. The molecule has 0 saturated heterocycles. The van der Waals surface area contributed by atoms with E-state index in [2.05, 4.69) is 47.7 Å². The first-order valence-corrected chi connectivity index (χ1v) is 13.7. The molecule has 2 aromatic rings. The molecule has 158 valence electrons. The summed E-state index contributed by atoms with van der Waals surface area (Å²) in [6, 6.07) is 8.08. The maximum atomic E-state index is 13.1. The minimum absolute atomic E-state index is 0. The van der Waals surface area contributed by atoms with Gasteiger partial charge in [0.05, 0.1) is 0 Å². The van der Waals surface area contributed by atoms with Crippen LogP contribution in [0, 0.1) is 12.7 Å². The summed E-state index contributed by atoms with van der Waals surface area (Å²) in [7, 11) is -1.75. The van der Waals surface area contributed by atoms with Crippen LogP contribution in [0.15, 0.2) is 35.7 Å². The van der Waals surface area contributed by atoms with Crippen molar-refractivity contribution < 1.29 is 32.8 Å². The Bertz CT molecular complexity index is 694. The fraction of sp³-hybridized carbons (Fsp3) is 0.522. The van der Waals surface area contributed by atoms with Crippen LogP contribution < -0.4 is 18.9 Å². The zero-order valence-electron chi connectivity index (χ0n) is 19.2. The number of rotatable bonds is 7. The molecule has 0 bridgehead atoms. The van der Waals surface area contributed by atoms with E-state index in [1.807, 2.05) is 11.4 Å². The zero-order chi connectivity index (χ0) is 21.4. The molecule has 0 radical (unpaired) electrons. The molecule has 0 aliphatic rings. The van der Waals surface area contributed by atoms with Crippen molar-refractivity contribution in [2.45, 2.75) is 71.2 Å². The molecule has 1 heterocycles. The van der Waals surface area contributed by atoms with E-state index in [-0.39, 0.29) is 29.7 Å². The van der Waals surface area contributed by atoms with Gasteiger partial charge in [-0.2, -0.15) is 6.42 Å². The average Bonchev–Trinajstić information content (AvgIpc) is 3.09. The molecule has 29 heavy (non-hydrogen) atoms. The first-order valence-electron chi connectivity index (χ1n) is 9.96. The van der Waals surface area contributed by atoms with Gasteiger partial charge >= 0.3 is 18.9 Å². The van der Waals surface area contributed by atoms with Crippen molar-refractivity contribution in [1.82, 2.24) is 0 Å². The normalized spacial score (nSPS) is 12.6. The molecule has 0 amide bonds. The quantitative estimate of drug-likeness (QED) is 0.528. The van der Waals surface area contributed by atoms with Crippen molar-refractivity contribution in [3.63, 3.8) is 0 Å². The molecule has 2 nitrogen and oxygen atoms in total. The Hall–Kier alpha value is -0.416. The minimum Gasteiger partial charge on any atom is -0.416 e.